The van der Waals surface area contributed by atoms with Crippen LogP contribution in [0.2, 0.25) is 0 Å². The lowest BCUT2D eigenvalue weighted by molar-refractivity contribution is 0.222. The fourth-order valence-electron chi connectivity index (χ4n) is 2.49. The van der Waals surface area contributed by atoms with Gasteiger partial charge in [0.1, 0.15) is 0 Å². The first-order valence-corrected chi connectivity index (χ1v) is 7.81. The van der Waals surface area contributed by atoms with Crippen molar-refractivity contribution >= 4 is 15.9 Å². The highest BCUT2D eigenvalue weighted by atomic mass is 79.9. The quantitative estimate of drug-likeness (QED) is 0.878. The zero-order valence-corrected chi connectivity index (χ0v) is 13.6. The van der Waals surface area contributed by atoms with E-state index in [2.05, 4.69) is 40.1 Å². The van der Waals surface area contributed by atoms with Crippen molar-refractivity contribution in [3.05, 3.63) is 51.8 Å². The number of halogens is 1. The summed E-state index contributed by atoms with van der Waals surface area (Å²) < 4.78 is 3.10. The van der Waals surface area contributed by atoms with Crippen LogP contribution in [0.4, 0.5) is 0 Å². The van der Waals surface area contributed by atoms with E-state index in [1.54, 1.807) is 0 Å². The number of aromatic nitrogens is 2. The summed E-state index contributed by atoms with van der Waals surface area (Å²) in [6.07, 6.45) is 1.72. The van der Waals surface area contributed by atoms with Crippen molar-refractivity contribution in [1.82, 2.24) is 9.78 Å². The van der Waals surface area contributed by atoms with Gasteiger partial charge < -0.3 is 5.11 Å². The van der Waals surface area contributed by atoms with Crippen molar-refractivity contribution in [2.75, 3.05) is 6.61 Å². The highest BCUT2D eigenvalue weighted by molar-refractivity contribution is 9.10. The molecule has 2 rings (SSSR count). The van der Waals surface area contributed by atoms with Gasteiger partial charge >= 0.3 is 0 Å². The summed E-state index contributed by atoms with van der Waals surface area (Å²) in [7, 11) is 0. The molecular formula is C16H21BrN2O. The lowest BCUT2D eigenvalue weighted by Crippen LogP contribution is -2.16. The first-order chi connectivity index (χ1) is 9.65. The van der Waals surface area contributed by atoms with E-state index < -0.39 is 0 Å². The molecular weight excluding hydrogens is 316 g/mol. The molecule has 0 fully saturated rings. The molecule has 0 aliphatic heterocycles. The molecule has 1 N–H and O–H groups in total. The number of rotatable bonds is 6. The van der Waals surface area contributed by atoms with Gasteiger partial charge in [0.25, 0.3) is 0 Å². The Hall–Kier alpha value is -1.13. The van der Waals surface area contributed by atoms with Crippen LogP contribution in [0.25, 0.3) is 0 Å². The van der Waals surface area contributed by atoms with Crippen molar-refractivity contribution in [2.45, 2.75) is 33.2 Å². The van der Waals surface area contributed by atoms with Gasteiger partial charge in [0, 0.05) is 13.2 Å². The molecule has 1 heterocycles. The Balaban J connectivity index is 2.14. The monoisotopic (exact) mass is 336 g/mol. The molecule has 0 saturated heterocycles. The molecule has 0 amide bonds. The minimum atomic E-state index is 0.190. The number of aliphatic hydroxyl groups excluding tert-OH is 1. The van der Waals surface area contributed by atoms with Gasteiger partial charge in [-0.2, -0.15) is 5.10 Å². The molecule has 3 nitrogen and oxygen atoms in total. The average molecular weight is 337 g/mol. The molecule has 0 saturated carbocycles. The van der Waals surface area contributed by atoms with Crippen molar-refractivity contribution < 1.29 is 5.11 Å². The number of aliphatic hydroxyl groups is 1. The second-order valence-electron chi connectivity index (χ2n) is 5.10. The van der Waals surface area contributed by atoms with E-state index in [9.17, 15) is 5.11 Å². The third-order valence-electron chi connectivity index (χ3n) is 3.56. The molecule has 0 radical (unpaired) electrons. The second-order valence-corrected chi connectivity index (χ2v) is 5.90. The van der Waals surface area contributed by atoms with Gasteiger partial charge in [-0.15, -0.1) is 0 Å². The van der Waals surface area contributed by atoms with E-state index >= 15 is 0 Å². The molecule has 0 aliphatic carbocycles. The smallest absolute Gasteiger partial charge is 0.0738 e. The molecule has 1 aromatic heterocycles. The van der Waals surface area contributed by atoms with Crippen LogP contribution < -0.4 is 0 Å². The van der Waals surface area contributed by atoms with Crippen LogP contribution in [0.15, 0.2) is 34.8 Å². The summed E-state index contributed by atoms with van der Waals surface area (Å²) in [4.78, 5) is 0. The molecule has 4 heteroatoms. The lowest BCUT2D eigenvalue weighted by atomic mass is 9.95. The number of aryl methyl sites for hydroxylation is 2. The molecule has 0 spiro atoms. The Morgan fingerprint density at radius 1 is 1.25 bits per heavy atom. The van der Waals surface area contributed by atoms with Crippen LogP contribution in [0, 0.1) is 12.8 Å². The number of hydrogen-bond acceptors (Lipinski definition) is 2. The van der Waals surface area contributed by atoms with Gasteiger partial charge in [0.15, 0.2) is 0 Å². The van der Waals surface area contributed by atoms with E-state index in [-0.39, 0.29) is 12.5 Å². The molecule has 20 heavy (non-hydrogen) atoms. The maximum atomic E-state index is 9.66. The minimum Gasteiger partial charge on any atom is -0.396 e. The Labute approximate surface area is 128 Å². The van der Waals surface area contributed by atoms with Gasteiger partial charge in [-0.25, -0.2) is 0 Å². The standard InChI is InChI=1S/C16H21BrN2O/c1-3-19-15(16(17)12(2)18-19)10-14(11-20)9-13-7-5-4-6-8-13/h4-8,14,20H,3,9-11H2,1-2H3. The predicted molar refractivity (Wildman–Crippen MR) is 84.8 cm³/mol. The topological polar surface area (TPSA) is 38.0 Å². The van der Waals surface area contributed by atoms with E-state index in [0.717, 1.165) is 29.6 Å². The first-order valence-electron chi connectivity index (χ1n) is 7.02. The van der Waals surface area contributed by atoms with E-state index in [1.165, 1.54) is 11.3 Å². The highest BCUT2D eigenvalue weighted by Gasteiger charge is 2.17. The zero-order valence-electron chi connectivity index (χ0n) is 12.0. The zero-order chi connectivity index (χ0) is 14.5. The van der Waals surface area contributed by atoms with E-state index in [0.29, 0.717) is 0 Å². The Morgan fingerprint density at radius 3 is 2.55 bits per heavy atom. The first kappa shape index (κ1) is 15.3. The summed E-state index contributed by atoms with van der Waals surface area (Å²) in [5, 5.41) is 14.2. The van der Waals surface area contributed by atoms with E-state index in [4.69, 9.17) is 0 Å². The van der Waals surface area contributed by atoms with Crippen LogP contribution in [0.5, 0.6) is 0 Å². The van der Waals surface area contributed by atoms with Crippen LogP contribution in [0.1, 0.15) is 23.9 Å². The Kier molecular flexibility index (Phi) is 5.38. The minimum absolute atomic E-state index is 0.190. The largest absolute Gasteiger partial charge is 0.396 e. The second kappa shape index (κ2) is 7.04. The van der Waals surface area contributed by atoms with Crippen molar-refractivity contribution in [3.8, 4) is 0 Å². The molecule has 1 atom stereocenters. The Bertz CT molecular complexity index is 551. The summed E-state index contributed by atoms with van der Waals surface area (Å²) in [5.41, 5.74) is 3.46. The van der Waals surface area contributed by atoms with Crippen LogP contribution >= 0.6 is 15.9 Å². The van der Waals surface area contributed by atoms with Gasteiger partial charge in [0.05, 0.1) is 15.9 Å². The summed E-state index contributed by atoms with van der Waals surface area (Å²) >= 11 is 3.62. The molecule has 0 aliphatic rings. The van der Waals surface area contributed by atoms with Crippen LogP contribution in [-0.2, 0) is 19.4 Å². The number of hydrogen-bond donors (Lipinski definition) is 1. The van der Waals surface area contributed by atoms with Crippen LogP contribution in [-0.4, -0.2) is 21.5 Å². The summed E-state index contributed by atoms with van der Waals surface area (Å²) in [6.45, 7) is 5.14. The van der Waals surface area contributed by atoms with Crippen LogP contribution in [0.3, 0.4) is 0 Å². The number of nitrogens with zero attached hydrogens (tertiary/aromatic N) is 2. The predicted octanol–water partition coefficient (Wildman–Crippen LogP) is 3.37. The van der Waals surface area contributed by atoms with Gasteiger partial charge in [-0.05, 0) is 54.1 Å². The fraction of sp³-hybridized carbons (Fsp3) is 0.438. The van der Waals surface area contributed by atoms with Gasteiger partial charge in [-0.3, -0.25) is 4.68 Å². The van der Waals surface area contributed by atoms with Gasteiger partial charge in [-0.1, -0.05) is 30.3 Å². The molecule has 108 valence electrons. The molecule has 0 bridgehead atoms. The Morgan fingerprint density at radius 2 is 1.95 bits per heavy atom. The molecule has 1 aromatic carbocycles. The summed E-state index contributed by atoms with van der Waals surface area (Å²) in [6, 6.07) is 10.3. The lowest BCUT2D eigenvalue weighted by Gasteiger charge is -2.15. The maximum absolute atomic E-state index is 9.66. The van der Waals surface area contributed by atoms with E-state index in [1.807, 2.05) is 29.8 Å². The SMILES string of the molecule is CCn1nc(C)c(Br)c1CC(CO)Cc1ccccc1. The van der Waals surface area contributed by atoms with Crippen molar-refractivity contribution in [3.63, 3.8) is 0 Å². The third kappa shape index (κ3) is 3.49. The number of benzene rings is 1. The maximum Gasteiger partial charge on any atom is 0.0738 e. The fourth-order valence-corrected chi connectivity index (χ4v) is 2.93. The molecule has 2 aromatic rings. The third-order valence-corrected chi connectivity index (χ3v) is 4.59. The van der Waals surface area contributed by atoms with Gasteiger partial charge in [0.2, 0.25) is 0 Å². The highest BCUT2D eigenvalue weighted by Crippen LogP contribution is 2.25. The average Bonchev–Trinajstić information content (AvgIpc) is 2.75. The molecule has 1 unspecified atom stereocenters. The summed E-state index contributed by atoms with van der Waals surface area (Å²) in [5.74, 6) is 0.218. The normalized spacial score (nSPS) is 12.6. The van der Waals surface area contributed by atoms with Crippen molar-refractivity contribution in [1.29, 1.82) is 0 Å². The van der Waals surface area contributed by atoms with Crippen molar-refractivity contribution in [2.24, 2.45) is 5.92 Å².